The molecule has 15 aromatic carbocycles. The van der Waals surface area contributed by atoms with Gasteiger partial charge in [-0.25, -0.2) is 9.97 Å². The predicted molar refractivity (Wildman–Crippen MR) is 500 cm³/mol. The first-order valence-electron chi connectivity index (χ1n) is 40.0. The molecule has 23 rings (SSSR count). The van der Waals surface area contributed by atoms with Crippen molar-refractivity contribution in [3.05, 3.63) is 383 Å². The van der Waals surface area contributed by atoms with Gasteiger partial charge in [0.25, 0.3) is 13.4 Å². The van der Waals surface area contributed by atoms with Crippen LogP contribution in [0.2, 0.25) is 0 Å². The van der Waals surface area contributed by atoms with Gasteiger partial charge in [0.2, 0.25) is 0 Å². The average Bonchev–Trinajstić information content (AvgIpc) is 1.07. The highest BCUT2D eigenvalue weighted by molar-refractivity contribution is 14.1. The Balaban J connectivity index is 0.000000137. The van der Waals surface area contributed by atoms with E-state index in [0.29, 0.717) is 0 Å². The Hall–Kier alpha value is -13.9. The molecule has 0 saturated heterocycles. The minimum Gasteiger partial charge on any atom is -0.356 e. The number of halogens is 1. The molecule has 0 saturated carbocycles. The van der Waals surface area contributed by atoms with Gasteiger partial charge in [0.1, 0.15) is 11.6 Å². The van der Waals surface area contributed by atoms with Crippen molar-refractivity contribution in [2.45, 2.75) is 41.5 Å². The standard InChI is InChI=1S/C55H40BN5.C43H32BN5.C6H5I/c1-35-31-36(2)54(37(3)32-35)61-49-22-13-12-21-46(49)58-55(61)40-26-28-48-45(34-40)56-44-33-39(53-43-20-11-10-15-38(43)29-30-57-53)25-27-47(44)59(41-16-6-4-7-17-41)50-23-14-24-51(52(50)56)60(48)42-18-8-5-9-19-42;1-25-21-26(2)42(27(3)22-25)49-39-14-7-6-11-36(39)48-43(49)30-16-18-35-33(24-30)44-32-23-29(41-31-10-5-4-9-28(31)19-20-45-41)15-17-34(32)46-37-12-8-13-38(47-35)40(37)44;7-6-4-2-1-3-5-6/h4-34H,1-3H3;4-24,46-47H,1-3H3;1-5H. The van der Waals surface area contributed by atoms with Crippen LogP contribution in [-0.4, -0.2) is 42.5 Å². The molecule has 0 spiro atoms. The third kappa shape index (κ3) is 12.2. The molecule has 556 valence electrons. The molecule has 0 amide bonds. The monoisotopic (exact) mass is 1610 g/mol. The Morgan fingerprint density at radius 1 is 0.308 bits per heavy atom. The number of hydrogen-bond acceptors (Lipinski definition) is 8. The van der Waals surface area contributed by atoms with Gasteiger partial charge in [-0.3, -0.25) is 19.1 Å². The Bertz CT molecular complexity index is 7140. The Labute approximate surface area is 694 Å². The number of benzene rings is 15. The maximum Gasteiger partial charge on any atom is 0.252 e. The molecule has 10 nitrogen and oxygen atoms in total. The Morgan fingerprint density at radius 2 is 0.692 bits per heavy atom. The molecule has 0 unspecified atom stereocenters. The second kappa shape index (κ2) is 28.9. The maximum absolute atomic E-state index is 5.43. The van der Waals surface area contributed by atoms with Crippen LogP contribution in [0.5, 0.6) is 0 Å². The van der Waals surface area contributed by atoms with Crippen molar-refractivity contribution in [3.8, 4) is 56.7 Å². The van der Waals surface area contributed by atoms with E-state index in [1.54, 1.807) is 0 Å². The molecule has 4 aliphatic heterocycles. The van der Waals surface area contributed by atoms with Crippen LogP contribution in [0.1, 0.15) is 33.4 Å². The van der Waals surface area contributed by atoms with E-state index in [-0.39, 0.29) is 13.4 Å². The predicted octanol–water partition coefficient (Wildman–Crippen LogP) is 22.7. The van der Waals surface area contributed by atoms with Gasteiger partial charge >= 0.3 is 0 Å². The number of aromatic nitrogens is 6. The van der Waals surface area contributed by atoms with Crippen LogP contribution in [0.15, 0.2) is 346 Å². The summed E-state index contributed by atoms with van der Waals surface area (Å²) in [4.78, 5) is 25.5. The highest BCUT2D eigenvalue weighted by Gasteiger charge is 2.44. The van der Waals surface area contributed by atoms with Crippen molar-refractivity contribution in [3.63, 3.8) is 0 Å². The first kappa shape index (κ1) is 70.9. The lowest BCUT2D eigenvalue weighted by Gasteiger charge is -2.44. The number of imidazole rings is 2. The zero-order valence-electron chi connectivity index (χ0n) is 65.5. The fourth-order valence-corrected chi connectivity index (χ4v) is 19.4. The minimum atomic E-state index is -0.0910. The number of para-hydroxylation sites is 6. The van der Waals surface area contributed by atoms with Gasteiger partial charge in [-0.15, -0.1) is 0 Å². The normalized spacial score (nSPS) is 12.5. The zero-order valence-corrected chi connectivity index (χ0v) is 67.7. The van der Waals surface area contributed by atoms with Gasteiger partial charge in [-0.1, -0.05) is 211 Å². The SMILES string of the molecule is Cc1cc(C)c(-n2c(-c3ccc4c(c3)B3c5cc(-c6nccc7ccccc67)ccc5N(c5ccccc5)c5cccc(c53)N4c3ccccc3)nc3ccccc32)c(C)c1.Cc1cc(C)c(-n2c(-c3ccc4c(c3)B3c5cc(-c6nccc7ccccc67)ccc5Nc5cccc(c53)N4)nc3ccccc32)c(C)c1.Ic1ccccc1. The molecule has 2 N–H and O–H groups in total. The number of anilines is 10. The summed E-state index contributed by atoms with van der Waals surface area (Å²) in [6.07, 6.45) is 3.85. The van der Waals surface area contributed by atoms with E-state index < -0.39 is 0 Å². The first-order chi connectivity index (χ1) is 57.4. The van der Waals surface area contributed by atoms with Crippen LogP contribution >= 0.6 is 22.6 Å². The summed E-state index contributed by atoms with van der Waals surface area (Å²) in [5, 5.41) is 12.2. The molecule has 0 fully saturated rings. The largest absolute Gasteiger partial charge is 0.356 e. The molecule has 4 aliphatic rings. The molecule has 0 aliphatic carbocycles. The molecule has 8 heterocycles. The second-order valence-corrected chi connectivity index (χ2v) is 32.4. The summed E-state index contributed by atoms with van der Waals surface area (Å²) < 4.78 is 6.03. The van der Waals surface area contributed by atoms with Gasteiger partial charge < -0.3 is 20.4 Å². The summed E-state index contributed by atoms with van der Waals surface area (Å²) in [6, 6.07) is 120. The first-order valence-corrected chi connectivity index (χ1v) is 41.1. The summed E-state index contributed by atoms with van der Waals surface area (Å²) in [7, 11) is 0. The lowest BCUT2D eigenvalue weighted by atomic mass is 9.33. The Morgan fingerprint density at radius 3 is 1.17 bits per heavy atom. The fraction of sp³-hybridized carbons (Fsp3) is 0.0577. The van der Waals surface area contributed by atoms with Crippen LogP contribution in [0, 0.1) is 45.1 Å². The molecule has 0 radical (unpaired) electrons. The number of hydrogen-bond donors (Lipinski definition) is 2. The highest BCUT2D eigenvalue weighted by Crippen LogP contribution is 2.47. The molecular weight excluding hydrogens is 1540 g/mol. The average molecular weight is 1620 g/mol. The van der Waals surface area contributed by atoms with Crippen molar-refractivity contribution in [1.82, 2.24) is 29.1 Å². The number of nitrogens with zero attached hydrogens (tertiary/aromatic N) is 8. The van der Waals surface area contributed by atoms with Gasteiger partial charge in [0.05, 0.1) is 44.8 Å². The van der Waals surface area contributed by atoms with Crippen LogP contribution in [0.25, 0.3) is 100 Å². The molecule has 117 heavy (non-hydrogen) atoms. The third-order valence-corrected chi connectivity index (χ3v) is 24.4. The van der Waals surface area contributed by atoms with Crippen molar-refractivity contribution < 1.29 is 0 Å². The summed E-state index contributed by atoms with van der Waals surface area (Å²) in [5.41, 5.74) is 39.2. The smallest absolute Gasteiger partial charge is 0.252 e. The van der Waals surface area contributed by atoms with Crippen molar-refractivity contribution in [1.29, 1.82) is 0 Å². The summed E-state index contributed by atoms with van der Waals surface area (Å²) in [6.45, 7) is 13.1. The van der Waals surface area contributed by atoms with Crippen LogP contribution < -0.4 is 53.2 Å². The fourth-order valence-electron chi connectivity index (χ4n) is 19.0. The van der Waals surface area contributed by atoms with E-state index in [2.05, 4.69) is 409 Å². The van der Waals surface area contributed by atoms with Crippen molar-refractivity contribution in [2.24, 2.45) is 0 Å². The maximum atomic E-state index is 5.43. The third-order valence-electron chi connectivity index (χ3n) is 23.7. The Kier molecular flexibility index (Phi) is 17.5. The molecule has 4 aromatic heterocycles. The number of pyridine rings is 2. The highest BCUT2D eigenvalue weighted by atomic mass is 127. The van der Waals surface area contributed by atoms with Crippen LogP contribution in [-0.2, 0) is 0 Å². The molecular formula is C104H77B2IN10. The van der Waals surface area contributed by atoms with Gasteiger partial charge in [-0.05, 0) is 263 Å². The number of aryl methyl sites for hydroxylation is 6. The molecule has 0 bridgehead atoms. The summed E-state index contributed by atoms with van der Waals surface area (Å²) >= 11 is 2.28. The van der Waals surface area contributed by atoms with Crippen molar-refractivity contribution in [2.75, 3.05) is 20.4 Å². The van der Waals surface area contributed by atoms with Gasteiger partial charge in [0.15, 0.2) is 0 Å². The molecule has 19 aromatic rings. The van der Waals surface area contributed by atoms with E-state index in [1.165, 1.54) is 103 Å². The summed E-state index contributed by atoms with van der Waals surface area (Å²) in [5.74, 6) is 1.88. The lowest BCUT2D eigenvalue weighted by Crippen LogP contribution is -2.61. The van der Waals surface area contributed by atoms with E-state index in [4.69, 9.17) is 19.9 Å². The van der Waals surface area contributed by atoms with Gasteiger partial charge in [0, 0.05) is 106 Å². The van der Waals surface area contributed by atoms with E-state index in [0.717, 1.165) is 124 Å². The number of nitrogens with one attached hydrogen (secondary N) is 2. The van der Waals surface area contributed by atoms with Gasteiger partial charge in [-0.2, -0.15) is 0 Å². The van der Waals surface area contributed by atoms with E-state index in [1.807, 2.05) is 30.6 Å². The van der Waals surface area contributed by atoms with Crippen molar-refractivity contribution >= 4 is 169 Å². The number of fused-ring (bicyclic) bond motifs is 12. The topological polar surface area (TPSA) is 92.0 Å². The lowest BCUT2D eigenvalue weighted by molar-refractivity contribution is 1.06. The number of rotatable bonds is 8. The van der Waals surface area contributed by atoms with Crippen LogP contribution in [0.3, 0.4) is 0 Å². The molecule has 13 heteroatoms. The van der Waals surface area contributed by atoms with E-state index in [9.17, 15) is 0 Å². The quantitative estimate of drug-likeness (QED) is 0.115. The van der Waals surface area contributed by atoms with Crippen LogP contribution in [0.4, 0.5) is 56.9 Å². The second-order valence-electron chi connectivity index (χ2n) is 31.2. The molecule has 0 atom stereocenters. The minimum absolute atomic E-state index is 0.0225. The zero-order chi connectivity index (χ0) is 78.7. The van der Waals surface area contributed by atoms with E-state index >= 15 is 0 Å².